The molecule has 1 amide bonds. The molecular formula is C7H16N2O4S. The third-order valence-electron chi connectivity index (χ3n) is 1.49. The van der Waals surface area contributed by atoms with Crippen LogP contribution >= 0.6 is 0 Å². The van der Waals surface area contributed by atoms with Crippen LogP contribution in [0.3, 0.4) is 0 Å². The molecule has 0 rings (SSSR count). The molecule has 0 saturated carbocycles. The van der Waals surface area contributed by atoms with E-state index >= 15 is 0 Å². The van der Waals surface area contributed by atoms with Crippen LogP contribution in [0.5, 0.6) is 0 Å². The molecule has 0 unspecified atom stereocenters. The van der Waals surface area contributed by atoms with Gasteiger partial charge in [0.2, 0.25) is 10.0 Å². The van der Waals surface area contributed by atoms with Crippen LogP contribution in [-0.4, -0.2) is 39.0 Å². The third-order valence-corrected chi connectivity index (χ3v) is 2.22. The Kier molecular flexibility index (Phi) is 6.22. The maximum absolute atomic E-state index is 10.6. The van der Waals surface area contributed by atoms with Gasteiger partial charge in [0, 0.05) is 13.1 Å². The molecule has 0 radical (unpaired) electrons. The zero-order valence-electron chi connectivity index (χ0n) is 8.12. The zero-order valence-corrected chi connectivity index (χ0v) is 8.93. The molecule has 84 valence electrons. The summed E-state index contributed by atoms with van der Waals surface area (Å²) in [6, 6.07) is 0. The first-order valence-corrected chi connectivity index (χ1v) is 6.22. The van der Waals surface area contributed by atoms with E-state index in [0.29, 0.717) is 19.5 Å². The number of carbonyl (C=O) groups is 1. The van der Waals surface area contributed by atoms with Crippen molar-refractivity contribution in [1.82, 2.24) is 10.0 Å². The number of hydrogen-bond acceptors (Lipinski definition) is 3. The molecule has 7 heteroatoms. The van der Waals surface area contributed by atoms with E-state index in [9.17, 15) is 13.2 Å². The Labute approximate surface area is 83.7 Å². The quantitative estimate of drug-likeness (QED) is 0.529. The van der Waals surface area contributed by atoms with Crippen molar-refractivity contribution in [2.75, 3.05) is 19.3 Å². The van der Waals surface area contributed by atoms with E-state index in [4.69, 9.17) is 5.11 Å². The topological polar surface area (TPSA) is 95.5 Å². The molecule has 0 aromatic rings. The number of amides is 1. The number of unbranched alkanes of at least 4 members (excludes halogenated alkanes) is 2. The van der Waals surface area contributed by atoms with Gasteiger partial charge in [-0.2, -0.15) is 0 Å². The summed E-state index contributed by atoms with van der Waals surface area (Å²) in [4.78, 5) is 10.0. The van der Waals surface area contributed by atoms with E-state index < -0.39 is 16.1 Å². The predicted octanol–water partition coefficient (Wildman–Crippen LogP) is -0.0265. The summed E-state index contributed by atoms with van der Waals surface area (Å²) in [5.74, 6) is 0. The highest BCUT2D eigenvalue weighted by molar-refractivity contribution is 7.88. The summed E-state index contributed by atoms with van der Waals surface area (Å²) in [5, 5.41) is 10.5. The highest BCUT2D eigenvalue weighted by atomic mass is 32.2. The molecule has 0 atom stereocenters. The molecule has 0 bridgehead atoms. The van der Waals surface area contributed by atoms with Gasteiger partial charge in [0.1, 0.15) is 0 Å². The molecule has 0 aliphatic heterocycles. The van der Waals surface area contributed by atoms with Crippen LogP contribution in [0.2, 0.25) is 0 Å². The van der Waals surface area contributed by atoms with Gasteiger partial charge in [-0.15, -0.1) is 0 Å². The van der Waals surface area contributed by atoms with E-state index in [2.05, 4.69) is 10.0 Å². The van der Waals surface area contributed by atoms with Gasteiger partial charge >= 0.3 is 6.09 Å². The second-order valence-corrected chi connectivity index (χ2v) is 4.79. The van der Waals surface area contributed by atoms with Gasteiger partial charge < -0.3 is 10.4 Å². The smallest absolute Gasteiger partial charge is 0.404 e. The van der Waals surface area contributed by atoms with Crippen LogP contribution in [0.1, 0.15) is 19.3 Å². The van der Waals surface area contributed by atoms with E-state index in [0.717, 1.165) is 19.1 Å². The summed E-state index contributed by atoms with van der Waals surface area (Å²) in [7, 11) is -3.09. The standard InChI is InChI=1S/C7H16N2O4S/c1-14(12,13)9-6-4-2-3-5-8-7(10)11/h8-9H,2-6H2,1H3,(H,10,11). The van der Waals surface area contributed by atoms with Gasteiger partial charge in [-0.25, -0.2) is 17.9 Å². The van der Waals surface area contributed by atoms with Crippen molar-refractivity contribution < 1.29 is 18.3 Å². The van der Waals surface area contributed by atoms with E-state index in [-0.39, 0.29) is 0 Å². The fraction of sp³-hybridized carbons (Fsp3) is 0.857. The fourth-order valence-corrected chi connectivity index (χ4v) is 1.39. The Bertz CT molecular complexity index is 263. The number of sulfonamides is 1. The Morgan fingerprint density at radius 2 is 1.79 bits per heavy atom. The highest BCUT2D eigenvalue weighted by Crippen LogP contribution is 1.92. The molecule has 14 heavy (non-hydrogen) atoms. The second-order valence-electron chi connectivity index (χ2n) is 2.96. The van der Waals surface area contributed by atoms with Gasteiger partial charge in [-0.3, -0.25) is 0 Å². The molecule has 3 N–H and O–H groups in total. The number of rotatable bonds is 7. The summed E-state index contributed by atoms with van der Waals surface area (Å²) < 4.78 is 23.6. The predicted molar refractivity (Wildman–Crippen MR) is 52.7 cm³/mol. The molecule has 0 aliphatic rings. The van der Waals surface area contributed by atoms with Crippen molar-refractivity contribution >= 4 is 16.1 Å². The van der Waals surface area contributed by atoms with E-state index in [1.54, 1.807) is 0 Å². The van der Waals surface area contributed by atoms with Crippen LogP contribution in [0.25, 0.3) is 0 Å². The lowest BCUT2D eigenvalue weighted by Gasteiger charge is -2.02. The molecule has 0 aromatic carbocycles. The van der Waals surface area contributed by atoms with Gasteiger partial charge in [-0.1, -0.05) is 6.42 Å². The van der Waals surface area contributed by atoms with Crippen molar-refractivity contribution in [3.05, 3.63) is 0 Å². The first kappa shape index (κ1) is 13.2. The minimum absolute atomic E-state index is 0.409. The van der Waals surface area contributed by atoms with Crippen LogP contribution in [0.4, 0.5) is 4.79 Å². The Morgan fingerprint density at radius 1 is 1.21 bits per heavy atom. The average molecular weight is 224 g/mol. The average Bonchev–Trinajstić information content (AvgIpc) is 2.00. The Morgan fingerprint density at radius 3 is 2.29 bits per heavy atom. The van der Waals surface area contributed by atoms with Crippen molar-refractivity contribution in [2.24, 2.45) is 0 Å². The number of hydrogen-bond donors (Lipinski definition) is 3. The lowest BCUT2D eigenvalue weighted by Crippen LogP contribution is -2.24. The SMILES string of the molecule is CS(=O)(=O)NCCCCCNC(=O)O. The number of nitrogens with one attached hydrogen (secondary N) is 2. The van der Waals surface area contributed by atoms with Gasteiger partial charge in [0.05, 0.1) is 6.26 Å². The van der Waals surface area contributed by atoms with Crippen molar-refractivity contribution in [1.29, 1.82) is 0 Å². The van der Waals surface area contributed by atoms with E-state index in [1.807, 2.05) is 0 Å². The van der Waals surface area contributed by atoms with Gasteiger partial charge in [0.15, 0.2) is 0 Å². The second kappa shape index (κ2) is 6.61. The summed E-state index contributed by atoms with van der Waals surface area (Å²) in [5.41, 5.74) is 0. The maximum atomic E-state index is 10.6. The maximum Gasteiger partial charge on any atom is 0.404 e. The molecule has 0 heterocycles. The van der Waals surface area contributed by atoms with Crippen molar-refractivity contribution in [3.8, 4) is 0 Å². The molecule has 0 aliphatic carbocycles. The Hall–Kier alpha value is -0.820. The van der Waals surface area contributed by atoms with Crippen LogP contribution in [0.15, 0.2) is 0 Å². The van der Waals surface area contributed by atoms with Gasteiger partial charge in [0.25, 0.3) is 0 Å². The molecule has 0 saturated heterocycles. The largest absolute Gasteiger partial charge is 0.465 e. The van der Waals surface area contributed by atoms with Crippen LogP contribution in [-0.2, 0) is 10.0 Å². The summed E-state index contributed by atoms with van der Waals surface area (Å²) in [6.07, 6.45) is 2.31. The molecule has 0 aromatic heterocycles. The molecular weight excluding hydrogens is 208 g/mol. The lowest BCUT2D eigenvalue weighted by molar-refractivity contribution is 0.194. The zero-order chi connectivity index (χ0) is 11.0. The minimum atomic E-state index is -3.09. The summed E-state index contributed by atoms with van der Waals surface area (Å²) >= 11 is 0. The first-order chi connectivity index (χ1) is 6.42. The molecule has 0 spiro atoms. The minimum Gasteiger partial charge on any atom is -0.465 e. The van der Waals surface area contributed by atoms with E-state index in [1.165, 1.54) is 0 Å². The third kappa shape index (κ3) is 11.2. The lowest BCUT2D eigenvalue weighted by atomic mass is 10.2. The normalized spacial score (nSPS) is 11.2. The molecule has 0 fully saturated rings. The summed E-state index contributed by atoms with van der Waals surface area (Å²) in [6.45, 7) is 0.820. The fourth-order valence-electron chi connectivity index (χ4n) is 0.880. The monoisotopic (exact) mass is 224 g/mol. The number of carboxylic acid groups (broad SMARTS) is 1. The molecule has 6 nitrogen and oxygen atoms in total. The highest BCUT2D eigenvalue weighted by Gasteiger charge is 1.98. The van der Waals surface area contributed by atoms with Gasteiger partial charge in [-0.05, 0) is 12.8 Å². The van der Waals surface area contributed by atoms with Crippen molar-refractivity contribution in [3.63, 3.8) is 0 Å². The van der Waals surface area contributed by atoms with Crippen molar-refractivity contribution in [2.45, 2.75) is 19.3 Å². The van der Waals surface area contributed by atoms with Crippen LogP contribution < -0.4 is 10.0 Å². The first-order valence-electron chi connectivity index (χ1n) is 4.33. The van der Waals surface area contributed by atoms with Crippen LogP contribution in [0, 0.1) is 0 Å². The Balaban J connectivity index is 3.19.